The average molecular weight is 213 g/mol. The summed E-state index contributed by atoms with van der Waals surface area (Å²) in [6, 6.07) is 10.0. The summed E-state index contributed by atoms with van der Waals surface area (Å²) in [7, 11) is 0. The Morgan fingerprint density at radius 1 is 1.25 bits per heavy atom. The fourth-order valence-corrected chi connectivity index (χ4v) is 1.93. The number of carbonyl (C=O) groups excluding carboxylic acids is 1. The first-order valence-electron chi connectivity index (χ1n) is 5.50. The van der Waals surface area contributed by atoms with E-state index in [1.165, 1.54) is 0 Å². The van der Waals surface area contributed by atoms with Crippen molar-refractivity contribution in [3.05, 3.63) is 52.7 Å². The molecule has 0 aliphatic carbocycles. The first kappa shape index (κ1) is 10.7. The van der Waals surface area contributed by atoms with Crippen molar-refractivity contribution in [3.63, 3.8) is 0 Å². The predicted molar refractivity (Wildman–Crippen MR) is 65.6 cm³/mol. The third kappa shape index (κ3) is 1.91. The van der Waals surface area contributed by atoms with Crippen LogP contribution in [0.25, 0.3) is 6.08 Å². The Kier molecular flexibility index (Phi) is 2.91. The number of allylic oxidation sites excluding steroid dienone is 1. The SMILES string of the molecule is CCC1=C(C)C(=O)NC1=Cc1ccccc1. The zero-order chi connectivity index (χ0) is 11.5. The molecule has 1 aromatic carbocycles. The molecule has 0 aromatic heterocycles. The molecule has 0 spiro atoms. The van der Waals surface area contributed by atoms with Crippen LogP contribution in [0.1, 0.15) is 25.8 Å². The topological polar surface area (TPSA) is 29.1 Å². The van der Waals surface area contributed by atoms with Crippen molar-refractivity contribution >= 4 is 12.0 Å². The van der Waals surface area contributed by atoms with Gasteiger partial charge in [-0.2, -0.15) is 0 Å². The van der Waals surface area contributed by atoms with E-state index in [0.717, 1.165) is 28.8 Å². The Morgan fingerprint density at radius 2 is 1.94 bits per heavy atom. The van der Waals surface area contributed by atoms with Crippen LogP contribution in [-0.4, -0.2) is 5.91 Å². The number of amides is 1. The predicted octanol–water partition coefficient (Wildman–Crippen LogP) is 2.88. The van der Waals surface area contributed by atoms with Gasteiger partial charge >= 0.3 is 0 Å². The van der Waals surface area contributed by atoms with Gasteiger partial charge in [0, 0.05) is 11.3 Å². The van der Waals surface area contributed by atoms with Crippen molar-refractivity contribution in [2.24, 2.45) is 0 Å². The summed E-state index contributed by atoms with van der Waals surface area (Å²) in [4.78, 5) is 11.5. The zero-order valence-electron chi connectivity index (χ0n) is 9.58. The van der Waals surface area contributed by atoms with E-state index in [4.69, 9.17) is 0 Å². The molecule has 0 radical (unpaired) electrons. The minimum absolute atomic E-state index is 0.0269. The van der Waals surface area contributed by atoms with Crippen LogP contribution >= 0.6 is 0 Å². The largest absolute Gasteiger partial charge is 0.322 e. The summed E-state index contributed by atoms with van der Waals surface area (Å²) in [5.41, 5.74) is 4.01. The molecule has 1 aliphatic heterocycles. The van der Waals surface area contributed by atoms with E-state index in [1.807, 2.05) is 43.3 Å². The average Bonchev–Trinajstić information content (AvgIpc) is 2.56. The summed E-state index contributed by atoms with van der Waals surface area (Å²) in [5.74, 6) is 0.0269. The van der Waals surface area contributed by atoms with E-state index < -0.39 is 0 Å². The molecule has 1 aliphatic rings. The molecule has 0 fully saturated rings. The van der Waals surface area contributed by atoms with Crippen LogP contribution in [-0.2, 0) is 4.79 Å². The second-order valence-corrected chi connectivity index (χ2v) is 3.88. The molecule has 1 N–H and O–H groups in total. The van der Waals surface area contributed by atoms with Gasteiger partial charge in [-0.3, -0.25) is 4.79 Å². The van der Waals surface area contributed by atoms with E-state index in [9.17, 15) is 4.79 Å². The number of benzene rings is 1. The zero-order valence-corrected chi connectivity index (χ0v) is 9.58. The van der Waals surface area contributed by atoms with Gasteiger partial charge in [0.15, 0.2) is 0 Å². The Labute approximate surface area is 95.7 Å². The highest BCUT2D eigenvalue weighted by Crippen LogP contribution is 2.24. The van der Waals surface area contributed by atoms with Crippen LogP contribution in [0, 0.1) is 0 Å². The fourth-order valence-electron chi connectivity index (χ4n) is 1.93. The molecule has 16 heavy (non-hydrogen) atoms. The molecule has 1 heterocycles. The quantitative estimate of drug-likeness (QED) is 0.804. The van der Waals surface area contributed by atoms with Gasteiger partial charge in [0.2, 0.25) is 0 Å². The van der Waals surface area contributed by atoms with Crippen LogP contribution in [0.4, 0.5) is 0 Å². The fraction of sp³-hybridized carbons (Fsp3) is 0.214. The standard InChI is InChI=1S/C14H15NO/c1-3-12-10(2)14(16)15-13(12)9-11-7-5-4-6-8-11/h4-9H,3H2,1-2H3,(H,15,16). The molecule has 0 bridgehead atoms. The lowest BCUT2D eigenvalue weighted by Gasteiger charge is -2.02. The minimum Gasteiger partial charge on any atom is -0.322 e. The highest BCUT2D eigenvalue weighted by Gasteiger charge is 2.21. The lowest BCUT2D eigenvalue weighted by molar-refractivity contribution is -0.116. The Morgan fingerprint density at radius 3 is 2.56 bits per heavy atom. The van der Waals surface area contributed by atoms with E-state index in [-0.39, 0.29) is 5.91 Å². The van der Waals surface area contributed by atoms with Crippen molar-refractivity contribution in [3.8, 4) is 0 Å². The van der Waals surface area contributed by atoms with Crippen molar-refractivity contribution in [1.29, 1.82) is 0 Å². The molecular formula is C14H15NO. The number of hydrogen-bond donors (Lipinski definition) is 1. The van der Waals surface area contributed by atoms with Crippen molar-refractivity contribution in [2.45, 2.75) is 20.3 Å². The maximum absolute atomic E-state index is 11.5. The summed E-state index contributed by atoms with van der Waals surface area (Å²) in [6.45, 7) is 3.94. The normalized spacial score (nSPS) is 18.1. The second-order valence-electron chi connectivity index (χ2n) is 3.88. The second kappa shape index (κ2) is 4.35. The third-order valence-corrected chi connectivity index (χ3v) is 2.83. The molecule has 82 valence electrons. The Balaban J connectivity index is 2.37. The van der Waals surface area contributed by atoms with Gasteiger partial charge in [-0.15, -0.1) is 0 Å². The first-order valence-corrected chi connectivity index (χ1v) is 5.50. The van der Waals surface area contributed by atoms with Crippen LogP contribution in [0.3, 0.4) is 0 Å². The first-order chi connectivity index (χ1) is 7.72. The van der Waals surface area contributed by atoms with E-state index in [2.05, 4.69) is 12.2 Å². The molecule has 0 saturated heterocycles. The lowest BCUT2D eigenvalue weighted by Crippen LogP contribution is -2.15. The van der Waals surface area contributed by atoms with Gasteiger partial charge in [0.25, 0.3) is 5.91 Å². The molecule has 1 aromatic rings. The van der Waals surface area contributed by atoms with Crippen molar-refractivity contribution in [1.82, 2.24) is 5.32 Å². The molecule has 1 amide bonds. The highest BCUT2D eigenvalue weighted by atomic mass is 16.1. The summed E-state index contributed by atoms with van der Waals surface area (Å²) in [6.07, 6.45) is 2.90. The number of nitrogens with one attached hydrogen (secondary N) is 1. The van der Waals surface area contributed by atoms with Crippen LogP contribution in [0.5, 0.6) is 0 Å². The number of rotatable bonds is 2. The van der Waals surface area contributed by atoms with Gasteiger partial charge < -0.3 is 5.32 Å². The summed E-state index contributed by atoms with van der Waals surface area (Å²) >= 11 is 0. The van der Waals surface area contributed by atoms with Gasteiger partial charge in [-0.05, 0) is 30.6 Å². The Hall–Kier alpha value is -1.83. The van der Waals surface area contributed by atoms with Gasteiger partial charge in [0.1, 0.15) is 0 Å². The minimum atomic E-state index is 0.0269. The lowest BCUT2D eigenvalue weighted by atomic mass is 10.1. The molecule has 0 unspecified atom stereocenters. The van der Waals surface area contributed by atoms with Crippen LogP contribution < -0.4 is 5.32 Å². The van der Waals surface area contributed by atoms with E-state index in [1.54, 1.807) is 0 Å². The van der Waals surface area contributed by atoms with Crippen molar-refractivity contribution in [2.75, 3.05) is 0 Å². The van der Waals surface area contributed by atoms with E-state index >= 15 is 0 Å². The summed E-state index contributed by atoms with van der Waals surface area (Å²) < 4.78 is 0. The molecule has 0 atom stereocenters. The van der Waals surface area contributed by atoms with Gasteiger partial charge in [-0.1, -0.05) is 37.3 Å². The van der Waals surface area contributed by atoms with Crippen molar-refractivity contribution < 1.29 is 4.79 Å². The number of hydrogen-bond acceptors (Lipinski definition) is 1. The molecule has 2 rings (SSSR count). The van der Waals surface area contributed by atoms with Crippen LogP contribution in [0.2, 0.25) is 0 Å². The van der Waals surface area contributed by atoms with Gasteiger partial charge in [0.05, 0.1) is 0 Å². The maximum Gasteiger partial charge on any atom is 0.251 e. The third-order valence-electron chi connectivity index (χ3n) is 2.83. The highest BCUT2D eigenvalue weighted by molar-refractivity contribution is 6.00. The maximum atomic E-state index is 11.5. The number of carbonyl (C=O) groups is 1. The monoisotopic (exact) mass is 213 g/mol. The summed E-state index contributed by atoms with van der Waals surface area (Å²) in [5, 5.41) is 2.90. The van der Waals surface area contributed by atoms with Gasteiger partial charge in [-0.25, -0.2) is 0 Å². The molecule has 2 heteroatoms. The smallest absolute Gasteiger partial charge is 0.251 e. The molecule has 0 saturated carbocycles. The molecular weight excluding hydrogens is 198 g/mol. The Bertz CT molecular complexity index is 469. The molecule has 2 nitrogen and oxygen atoms in total. The van der Waals surface area contributed by atoms with E-state index in [0.29, 0.717) is 0 Å². The van der Waals surface area contributed by atoms with Crippen LogP contribution in [0.15, 0.2) is 47.2 Å².